The fraction of sp³-hybridized carbons (Fsp3) is 0.182. The summed E-state index contributed by atoms with van der Waals surface area (Å²) < 4.78 is 10.4. The lowest BCUT2D eigenvalue weighted by Gasteiger charge is -2.12. The third kappa shape index (κ3) is 1.51. The van der Waals surface area contributed by atoms with Gasteiger partial charge in [-0.3, -0.25) is 4.98 Å². The summed E-state index contributed by atoms with van der Waals surface area (Å²) in [5.41, 5.74) is 6.91. The zero-order chi connectivity index (χ0) is 11.7. The van der Waals surface area contributed by atoms with E-state index in [0.717, 1.165) is 0 Å². The van der Waals surface area contributed by atoms with E-state index in [4.69, 9.17) is 26.8 Å². The zero-order valence-electron chi connectivity index (χ0n) is 8.95. The smallest absolute Gasteiger partial charge is 0.168 e. The highest BCUT2D eigenvalue weighted by Gasteiger charge is 2.14. The van der Waals surface area contributed by atoms with Crippen molar-refractivity contribution in [2.24, 2.45) is 0 Å². The van der Waals surface area contributed by atoms with Crippen LogP contribution in [0.15, 0.2) is 18.3 Å². The topological polar surface area (TPSA) is 57.4 Å². The molecule has 2 aromatic rings. The highest BCUT2D eigenvalue weighted by molar-refractivity contribution is 6.36. The number of nitrogen functional groups attached to an aromatic ring is 1. The fourth-order valence-corrected chi connectivity index (χ4v) is 1.87. The lowest BCUT2D eigenvalue weighted by molar-refractivity contribution is 0.411. The van der Waals surface area contributed by atoms with E-state index in [1.54, 1.807) is 32.5 Å². The Labute approximate surface area is 97.9 Å². The van der Waals surface area contributed by atoms with Gasteiger partial charge in [-0.15, -0.1) is 0 Å². The number of halogens is 1. The molecular formula is C11H11ClN2O2. The Morgan fingerprint density at radius 1 is 1.31 bits per heavy atom. The second kappa shape index (κ2) is 4.06. The number of benzene rings is 1. The molecule has 1 heterocycles. The van der Waals surface area contributed by atoms with Crippen molar-refractivity contribution in [2.75, 3.05) is 20.0 Å². The normalized spacial score (nSPS) is 10.4. The van der Waals surface area contributed by atoms with Gasteiger partial charge in [-0.05, 0) is 6.07 Å². The molecule has 0 unspecified atom stereocenters. The van der Waals surface area contributed by atoms with Crippen molar-refractivity contribution in [1.82, 2.24) is 4.98 Å². The standard InChI is InChI=1S/C11H11ClN2O2/c1-15-8-5-7(13)11(16-2)10-9(8)6(12)3-4-14-10/h3-5H,13H2,1-2H3. The van der Waals surface area contributed by atoms with Crippen molar-refractivity contribution in [3.63, 3.8) is 0 Å². The fourth-order valence-electron chi connectivity index (χ4n) is 1.64. The summed E-state index contributed by atoms with van der Waals surface area (Å²) in [5, 5.41) is 1.26. The van der Waals surface area contributed by atoms with E-state index >= 15 is 0 Å². The SMILES string of the molecule is COc1c(N)cc(OC)c2c(Cl)ccnc12. The van der Waals surface area contributed by atoms with Crippen LogP contribution in [0, 0.1) is 0 Å². The van der Waals surface area contributed by atoms with E-state index < -0.39 is 0 Å². The molecule has 0 saturated carbocycles. The molecule has 2 N–H and O–H groups in total. The summed E-state index contributed by atoms with van der Waals surface area (Å²) in [6.07, 6.45) is 1.60. The highest BCUT2D eigenvalue weighted by Crippen LogP contribution is 2.40. The van der Waals surface area contributed by atoms with Crippen molar-refractivity contribution in [2.45, 2.75) is 0 Å². The molecule has 16 heavy (non-hydrogen) atoms. The Balaban J connectivity index is 2.93. The number of anilines is 1. The summed E-state index contributed by atoms with van der Waals surface area (Å²) >= 11 is 6.11. The van der Waals surface area contributed by atoms with Crippen LogP contribution in [0.4, 0.5) is 5.69 Å². The first kappa shape index (κ1) is 10.8. The summed E-state index contributed by atoms with van der Waals surface area (Å²) in [6, 6.07) is 3.37. The average molecular weight is 239 g/mol. The average Bonchev–Trinajstić information content (AvgIpc) is 2.28. The molecule has 1 aromatic heterocycles. The minimum Gasteiger partial charge on any atom is -0.496 e. The highest BCUT2D eigenvalue weighted by atomic mass is 35.5. The molecule has 1 aromatic carbocycles. The molecule has 5 heteroatoms. The number of nitrogens with zero attached hydrogens (tertiary/aromatic N) is 1. The van der Waals surface area contributed by atoms with Gasteiger partial charge in [0.25, 0.3) is 0 Å². The summed E-state index contributed by atoms with van der Waals surface area (Å²) in [7, 11) is 3.10. The van der Waals surface area contributed by atoms with Gasteiger partial charge in [0.1, 0.15) is 11.3 Å². The van der Waals surface area contributed by atoms with Crippen molar-refractivity contribution in [1.29, 1.82) is 0 Å². The maximum absolute atomic E-state index is 6.11. The molecule has 0 saturated heterocycles. The van der Waals surface area contributed by atoms with Crippen LogP contribution in [-0.4, -0.2) is 19.2 Å². The number of hydrogen-bond acceptors (Lipinski definition) is 4. The number of aromatic nitrogens is 1. The Bertz CT molecular complexity index is 543. The molecule has 0 atom stereocenters. The van der Waals surface area contributed by atoms with Gasteiger partial charge in [-0.25, -0.2) is 0 Å². The Morgan fingerprint density at radius 2 is 2.06 bits per heavy atom. The van der Waals surface area contributed by atoms with Crippen LogP contribution in [0.5, 0.6) is 11.5 Å². The van der Waals surface area contributed by atoms with Crippen molar-refractivity contribution < 1.29 is 9.47 Å². The lowest BCUT2D eigenvalue weighted by atomic mass is 10.1. The van der Waals surface area contributed by atoms with E-state index in [9.17, 15) is 0 Å². The molecule has 0 fully saturated rings. The van der Waals surface area contributed by atoms with Crippen molar-refractivity contribution in [3.8, 4) is 11.5 Å². The Kier molecular flexibility index (Phi) is 2.75. The van der Waals surface area contributed by atoms with Gasteiger partial charge in [0.15, 0.2) is 5.75 Å². The van der Waals surface area contributed by atoms with Gasteiger partial charge >= 0.3 is 0 Å². The third-order valence-corrected chi connectivity index (χ3v) is 2.65. The Morgan fingerprint density at radius 3 is 2.69 bits per heavy atom. The summed E-state index contributed by atoms with van der Waals surface area (Å²) in [4.78, 5) is 4.21. The molecule has 0 aliphatic rings. The quantitative estimate of drug-likeness (QED) is 0.817. The number of fused-ring (bicyclic) bond motifs is 1. The van der Waals surface area contributed by atoms with Crippen molar-refractivity contribution in [3.05, 3.63) is 23.4 Å². The third-order valence-electron chi connectivity index (χ3n) is 2.33. The summed E-state index contributed by atoms with van der Waals surface area (Å²) in [5.74, 6) is 1.10. The van der Waals surface area contributed by atoms with Gasteiger partial charge < -0.3 is 15.2 Å². The molecular weight excluding hydrogens is 228 g/mol. The van der Waals surface area contributed by atoms with E-state index in [0.29, 0.717) is 33.1 Å². The van der Waals surface area contributed by atoms with E-state index in [1.165, 1.54) is 0 Å². The van der Waals surface area contributed by atoms with Gasteiger partial charge in [-0.1, -0.05) is 11.6 Å². The maximum atomic E-state index is 6.11. The first-order valence-corrected chi connectivity index (χ1v) is 5.01. The Hall–Kier alpha value is -1.68. The zero-order valence-corrected chi connectivity index (χ0v) is 9.71. The van der Waals surface area contributed by atoms with Gasteiger partial charge in [-0.2, -0.15) is 0 Å². The van der Waals surface area contributed by atoms with Crippen LogP contribution in [0.2, 0.25) is 5.02 Å². The van der Waals surface area contributed by atoms with E-state index in [-0.39, 0.29) is 0 Å². The van der Waals surface area contributed by atoms with Crippen LogP contribution < -0.4 is 15.2 Å². The second-order valence-electron chi connectivity index (χ2n) is 3.22. The molecule has 4 nitrogen and oxygen atoms in total. The minimum atomic E-state index is 0.474. The predicted molar refractivity (Wildman–Crippen MR) is 64.3 cm³/mol. The summed E-state index contributed by atoms with van der Waals surface area (Å²) in [6.45, 7) is 0. The van der Waals surface area contributed by atoms with Crippen LogP contribution in [-0.2, 0) is 0 Å². The lowest BCUT2D eigenvalue weighted by Crippen LogP contribution is -1.97. The second-order valence-corrected chi connectivity index (χ2v) is 3.62. The van der Waals surface area contributed by atoms with E-state index in [2.05, 4.69) is 4.98 Å². The minimum absolute atomic E-state index is 0.474. The van der Waals surface area contributed by atoms with Crippen LogP contribution in [0.1, 0.15) is 0 Å². The molecule has 2 rings (SSSR count). The van der Waals surface area contributed by atoms with Crippen LogP contribution in [0.25, 0.3) is 10.9 Å². The number of rotatable bonds is 2. The number of ether oxygens (including phenoxy) is 2. The number of nitrogens with two attached hydrogens (primary N) is 1. The van der Waals surface area contributed by atoms with Gasteiger partial charge in [0.05, 0.1) is 30.3 Å². The van der Waals surface area contributed by atoms with Crippen molar-refractivity contribution >= 4 is 28.2 Å². The number of pyridine rings is 1. The van der Waals surface area contributed by atoms with Gasteiger partial charge in [0.2, 0.25) is 0 Å². The molecule has 0 amide bonds. The molecule has 0 radical (unpaired) electrons. The largest absolute Gasteiger partial charge is 0.496 e. The molecule has 84 valence electrons. The molecule has 0 aliphatic heterocycles. The number of hydrogen-bond donors (Lipinski definition) is 1. The maximum Gasteiger partial charge on any atom is 0.168 e. The predicted octanol–water partition coefficient (Wildman–Crippen LogP) is 2.49. The van der Waals surface area contributed by atoms with Crippen LogP contribution in [0.3, 0.4) is 0 Å². The monoisotopic (exact) mass is 238 g/mol. The molecule has 0 spiro atoms. The first-order valence-electron chi connectivity index (χ1n) is 4.63. The van der Waals surface area contributed by atoms with E-state index in [1.807, 2.05) is 0 Å². The number of methoxy groups -OCH3 is 2. The van der Waals surface area contributed by atoms with Gasteiger partial charge in [0, 0.05) is 12.3 Å². The van der Waals surface area contributed by atoms with Crippen LogP contribution >= 0.6 is 11.6 Å². The molecule has 0 aliphatic carbocycles. The first-order chi connectivity index (χ1) is 7.69. The molecule has 0 bridgehead atoms.